The number of para-hydroxylation sites is 1. The lowest BCUT2D eigenvalue weighted by Crippen LogP contribution is -2.54. The van der Waals surface area contributed by atoms with Crippen molar-refractivity contribution in [3.05, 3.63) is 84.2 Å². The van der Waals surface area contributed by atoms with E-state index in [2.05, 4.69) is 23.8 Å². The summed E-state index contributed by atoms with van der Waals surface area (Å²) in [7, 11) is 2.08. The second-order valence-electron chi connectivity index (χ2n) is 6.48. The lowest BCUT2D eigenvalue weighted by molar-refractivity contribution is 0.173. The van der Waals surface area contributed by atoms with Crippen molar-refractivity contribution in [2.75, 3.05) is 20.1 Å². The molecule has 0 aliphatic carbocycles. The third-order valence-electron chi connectivity index (χ3n) is 4.26. The van der Waals surface area contributed by atoms with Crippen molar-refractivity contribution < 1.29 is 4.74 Å². The van der Waals surface area contributed by atoms with Gasteiger partial charge in [0.1, 0.15) is 11.5 Å². The highest BCUT2D eigenvalue weighted by atomic mass is 16.5. The number of allylic oxidation sites excluding steroid dienone is 1. The second-order valence-corrected chi connectivity index (χ2v) is 6.48. The van der Waals surface area contributed by atoms with Gasteiger partial charge in [-0.05, 0) is 43.4 Å². The first kappa shape index (κ1) is 17.8. The van der Waals surface area contributed by atoms with Gasteiger partial charge in [0.25, 0.3) is 0 Å². The average Bonchev–Trinajstić information content (AvgIpc) is 2.61. The Hall–Kier alpha value is -3.05. The zero-order valence-corrected chi connectivity index (χ0v) is 14.9. The van der Waals surface area contributed by atoms with Gasteiger partial charge in [-0.25, -0.2) is 0 Å². The number of benzene rings is 2. The van der Waals surface area contributed by atoms with Gasteiger partial charge >= 0.3 is 0 Å². The van der Waals surface area contributed by atoms with Crippen molar-refractivity contribution in [1.29, 1.82) is 5.41 Å². The van der Waals surface area contributed by atoms with Crippen molar-refractivity contribution in [2.45, 2.75) is 6.04 Å². The quantitative estimate of drug-likeness (QED) is 0.531. The van der Waals surface area contributed by atoms with E-state index in [-0.39, 0.29) is 0 Å². The highest BCUT2D eigenvalue weighted by molar-refractivity contribution is 6.13. The highest BCUT2D eigenvalue weighted by Gasteiger charge is 2.22. The van der Waals surface area contributed by atoms with Crippen LogP contribution in [0.4, 0.5) is 0 Å². The van der Waals surface area contributed by atoms with Crippen molar-refractivity contribution >= 4 is 5.71 Å². The van der Waals surface area contributed by atoms with Crippen molar-refractivity contribution in [1.82, 2.24) is 10.2 Å². The van der Waals surface area contributed by atoms with E-state index in [9.17, 15) is 0 Å². The summed E-state index contributed by atoms with van der Waals surface area (Å²) in [5.41, 5.74) is 7.98. The molecule has 1 aliphatic rings. The lowest BCUT2D eigenvalue weighted by Gasteiger charge is -2.36. The number of hydrogen-bond acceptors (Lipinski definition) is 5. The standard InChI is InChI=1S/C21H24N4O/c1-15(22)20(12-24-17-13-25(2)14-17)21(23)16-8-10-19(11-9-16)26-18-6-4-3-5-7-18/h3-12,17,23-24H,1,13-14,22H2,2H3/b20-12-,23-21?. The van der Waals surface area contributed by atoms with E-state index in [0.717, 1.165) is 30.2 Å². The third-order valence-corrected chi connectivity index (χ3v) is 4.26. The van der Waals surface area contributed by atoms with Crippen LogP contribution in [0.2, 0.25) is 0 Å². The Labute approximate surface area is 154 Å². The van der Waals surface area contributed by atoms with Gasteiger partial charge < -0.3 is 20.7 Å². The Bertz CT molecular complexity index is 806. The van der Waals surface area contributed by atoms with Crippen LogP contribution in [0.25, 0.3) is 0 Å². The van der Waals surface area contributed by atoms with Gasteiger partial charge in [0.2, 0.25) is 0 Å². The molecule has 134 valence electrons. The fourth-order valence-corrected chi connectivity index (χ4v) is 2.80. The monoisotopic (exact) mass is 348 g/mol. The Kier molecular flexibility index (Phi) is 5.39. The van der Waals surface area contributed by atoms with Gasteiger partial charge in [0.15, 0.2) is 0 Å². The van der Waals surface area contributed by atoms with Crippen LogP contribution in [0.5, 0.6) is 11.5 Å². The minimum absolute atomic E-state index is 0.337. The van der Waals surface area contributed by atoms with Gasteiger partial charge in [-0.2, -0.15) is 0 Å². The average molecular weight is 348 g/mol. The summed E-state index contributed by atoms with van der Waals surface area (Å²) in [6.45, 7) is 5.78. The Morgan fingerprint density at radius 2 is 1.77 bits per heavy atom. The number of nitrogens with one attached hydrogen (secondary N) is 2. The van der Waals surface area contributed by atoms with E-state index in [1.54, 1.807) is 6.20 Å². The molecular formula is C21H24N4O. The van der Waals surface area contributed by atoms with Gasteiger partial charge in [-0.1, -0.05) is 24.8 Å². The molecule has 0 unspecified atom stereocenters. The van der Waals surface area contributed by atoms with Crippen LogP contribution in [-0.4, -0.2) is 36.8 Å². The van der Waals surface area contributed by atoms with E-state index in [4.69, 9.17) is 15.9 Å². The van der Waals surface area contributed by atoms with Gasteiger partial charge in [-0.3, -0.25) is 5.41 Å². The Balaban J connectivity index is 1.68. The molecule has 1 fully saturated rings. The number of nitrogens with two attached hydrogens (primary N) is 1. The van der Waals surface area contributed by atoms with Crippen LogP contribution in [0.1, 0.15) is 5.56 Å². The van der Waals surface area contributed by atoms with Crippen LogP contribution in [-0.2, 0) is 0 Å². The molecule has 0 aromatic heterocycles. The molecule has 0 saturated carbocycles. The molecule has 0 spiro atoms. The smallest absolute Gasteiger partial charge is 0.127 e. The van der Waals surface area contributed by atoms with E-state index < -0.39 is 0 Å². The predicted molar refractivity (Wildman–Crippen MR) is 106 cm³/mol. The number of rotatable bonds is 7. The van der Waals surface area contributed by atoms with E-state index in [1.807, 2.05) is 54.6 Å². The molecule has 1 aliphatic heterocycles. The molecule has 5 nitrogen and oxygen atoms in total. The zero-order valence-electron chi connectivity index (χ0n) is 14.9. The summed E-state index contributed by atoms with van der Waals surface area (Å²) in [6.07, 6.45) is 1.80. The molecule has 0 amide bonds. The SMILES string of the molecule is C=C(N)/C(=C/NC1CN(C)C1)C(=N)c1ccc(Oc2ccccc2)cc1. The first-order chi connectivity index (χ1) is 12.5. The van der Waals surface area contributed by atoms with Crippen LogP contribution in [0.3, 0.4) is 0 Å². The summed E-state index contributed by atoms with van der Waals surface area (Å²) in [6, 6.07) is 17.4. The van der Waals surface area contributed by atoms with Crippen molar-refractivity contribution in [3.63, 3.8) is 0 Å². The Morgan fingerprint density at radius 1 is 1.15 bits per heavy atom. The molecule has 1 heterocycles. The number of hydrogen-bond donors (Lipinski definition) is 3. The van der Waals surface area contributed by atoms with Gasteiger partial charge in [0.05, 0.1) is 11.8 Å². The van der Waals surface area contributed by atoms with Gasteiger partial charge in [0, 0.05) is 36.1 Å². The summed E-state index contributed by atoms with van der Waals surface area (Å²) >= 11 is 0. The maximum Gasteiger partial charge on any atom is 0.127 e. The molecule has 26 heavy (non-hydrogen) atoms. The van der Waals surface area contributed by atoms with Crippen LogP contribution < -0.4 is 15.8 Å². The Morgan fingerprint density at radius 3 is 2.35 bits per heavy atom. The topological polar surface area (TPSA) is 74.4 Å². The molecule has 1 saturated heterocycles. The zero-order chi connectivity index (χ0) is 18.5. The minimum atomic E-state index is 0.337. The number of ether oxygens (including phenoxy) is 1. The molecular weight excluding hydrogens is 324 g/mol. The molecule has 5 heteroatoms. The normalized spacial score (nSPS) is 15.2. The van der Waals surface area contributed by atoms with Crippen LogP contribution in [0.15, 0.2) is 78.6 Å². The summed E-state index contributed by atoms with van der Waals surface area (Å²) < 4.78 is 5.79. The molecule has 0 atom stereocenters. The molecule has 0 bridgehead atoms. The van der Waals surface area contributed by atoms with Crippen LogP contribution in [0, 0.1) is 5.41 Å². The molecule has 2 aromatic carbocycles. The minimum Gasteiger partial charge on any atom is -0.457 e. The number of likely N-dealkylation sites (tertiary alicyclic amines) is 1. The molecule has 2 aromatic rings. The predicted octanol–water partition coefficient (Wildman–Crippen LogP) is 3.11. The van der Waals surface area contributed by atoms with E-state index >= 15 is 0 Å². The van der Waals surface area contributed by atoms with Crippen molar-refractivity contribution in [2.24, 2.45) is 5.73 Å². The third kappa shape index (κ3) is 4.32. The van der Waals surface area contributed by atoms with E-state index in [0.29, 0.717) is 23.0 Å². The lowest BCUT2D eigenvalue weighted by atomic mass is 10.0. The largest absolute Gasteiger partial charge is 0.457 e. The second kappa shape index (κ2) is 7.89. The maximum atomic E-state index is 8.47. The molecule has 3 rings (SSSR count). The summed E-state index contributed by atoms with van der Waals surface area (Å²) in [5, 5.41) is 11.8. The summed E-state index contributed by atoms with van der Waals surface area (Å²) in [5.74, 6) is 1.50. The fraction of sp³-hybridized carbons (Fsp3) is 0.190. The highest BCUT2D eigenvalue weighted by Crippen LogP contribution is 2.22. The van der Waals surface area contributed by atoms with Crippen LogP contribution >= 0.6 is 0 Å². The van der Waals surface area contributed by atoms with Crippen molar-refractivity contribution in [3.8, 4) is 11.5 Å². The first-order valence-corrected chi connectivity index (χ1v) is 8.54. The maximum absolute atomic E-state index is 8.47. The van der Waals surface area contributed by atoms with E-state index in [1.165, 1.54) is 0 Å². The summed E-state index contributed by atoms with van der Waals surface area (Å²) in [4.78, 5) is 2.22. The number of nitrogens with zero attached hydrogens (tertiary/aromatic N) is 1. The number of likely N-dealkylation sites (N-methyl/N-ethyl adjacent to an activating group) is 1. The first-order valence-electron chi connectivity index (χ1n) is 8.54. The van der Waals surface area contributed by atoms with Gasteiger partial charge in [-0.15, -0.1) is 0 Å². The molecule has 0 radical (unpaired) electrons. The fourth-order valence-electron chi connectivity index (χ4n) is 2.80. The molecule has 4 N–H and O–H groups in total.